The van der Waals surface area contributed by atoms with E-state index in [0.29, 0.717) is 24.4 Å². The van der Waals surface area contributed by atoms with Crippen LogP contribution < -0.4 is 11.1 Å². The van der Waals surface area contributed by atoms with Crippen LogP contribution in [-0.2, 0) is 4.74 Å². The molecule has 0 saturated heterocycles. The molecule has 4 aromatic rings. The van der Waals surface area contributed by atoms with E-state index in [9.17, 15) is 9.90 Å². The van der Waals surface area contributed by atoms with Crippen LogP contribution in [0.2, 0.25) is 0 Å². The summed E-state index contributed by atoms with van der Waals surface area (Å²) in [5, 5.41) is 12.9. The fourth-order valence-corrected chi connectivity index (χ4v) is 4.39. The summed E-state index contributed by atoms with van der Waals surface area (Å²) in [4.78, 5) is 19.3. The molecule has 1 aromatic heterocycles. The van der Waals surface area contributed by atoms with Crippen molar-refractivity contribution in [2.75, 3.05) is 24.2 Å². The van der Waals surface area contributed by atoms with E-state index in [1.807, 2.05) is 97.9 Å². The van der Waals surface area contributed by atoms with Crippen LogP contribution in [0.3, 0.4) is 0 Å². The highest BCUT2D eigenvalue weighted by molar-refractivity contribution is 5.81. The lowest BCUT2D eigenvalue weighted by atomic mass is 9.95. The van der Waals surface area contributed by atoms with E-state index >= 15 is 0 Å². The number of nitrogens with one attached hydrogen (secondary N) is 1. The van der Waals surface area contributed by atoms with Gasteiger partial charge in [-0.2, -0.15) is 0 Å². The average molecular weight is 523 g/mol. The number of nitrogens with zero attached hydrogens (tertiary/aromatic N) is 2. The molecule has 39 heavy (non-hydrogen) atoms. The number of hydrogen-bond acceptors (Lipinski definition) is 6. The molecule has 0 aliphatic carbocycles. The molecule has 0 spiro atoms. The minimum absolute atomic E-state index is 0.0434. The number of carbonyl (C=O) groups is 1. The number of hydrogen-bond donors (Lipinski definition) is 3. The van der Waals surface area contributed by atoms with E-state index in [2.05, 4.69) is 16.9 Å². The number of aliphatic hydroxyl groups excluding tert-OH is 1. The van der Waals surface area contributed by atoms with Crippen LogP contribution in [-0.4, -0.2) is 34.2 Å². The van der Waals surface area contributed by atoms with Gasteiger partial charge in [-0.3, -0.25) is 9.88 Å². The molecule has 0 saturated carbocycles. The first-order chi connectivity index (χ1) is 19.0. The molecule has 200 valence electrons. The molecule has 7 nitrogen and oxygen atoms in total. The predicted octanol–water partition coefficient (Wildman–Crippen LogP) is 6.42. The van der Waals surface area contributed by atoms with E-state index in [4.69, 9.17) is 10.5 Å². The molecule has 1 amide bonds. The lowest BCUT2D eigenvalue weighted by molar-refractivity contribution is 0.0591. The second-order valence-corrected chi connectivity index (χ2v) is 9.20. The molecule has 0 fully saturated rings. The monoisotopic (exact) mass is 522 g/mol. The second-order valence-electron chi connectivity index (χ2n) is 9.20. The number of aromatic nitrogens is 1. The normalized spacial score (nSPS) is 12.3. The van der Waals surface area contributed by atoms with Crippen LogP contribution in [0, 0.1) is 0 Å². The van der Waals surface area contributed by atoms with Crippen molar-refractivity contribution in [2.45, 2.75) is 25.5 Å². The van der Waals surface area contributed by atoms with Gasteiger partial charge in [-0.1, -0.05) is 73.3 Å². The molecule has 0 radical (unpaired) electrons. The van der Waals surface area contributed by atoms with E-state index < -0.39 is 18.2 Å². The van der Waals surface area contributed by atoms with Gasteiger partial charge in [0, 0.05) is 31.2 Å². The number of aliphatic hydroxyl groups is 1. The smallest absolute Gasteiger partial charge is 0.411 e. The van der Waals surface area contributed by atoms with Crippen molar-refractivity contribution in [1.29, 1.82) is 0 Å². The SMILES string of the molecule is C=C(Nc1ccccc1N)c1ccc([C@H](c2ccccc2)N(CCCO)C(=O)O[C@@H](C)c2ccncc2)cc1. The first-order valence-corrected chi connectivity index (χ1v) is 12.9. The molecule has 0 aliphatic heterocycles. The van der Waals surface area contributed by atoms with Gasteiger partial charge in [0.15, 0.2) is 0 Å². The highest BCUT2D eigenvalue weighted by Crippen LogP contribution is 2.32. The van der Waals surface area contributed by atoms with Gasteiger partial charge >= 0.3 is 6.09 Å². The van der Waals surface area contributed by atoms with Crippen LogP contribution in [0.5, 0.6) is 0 Å². The Morgan fingerprint density at radius 2 is 1.59 bits per heavy atom. The van der Waals surface area contributed by atoms with Crippen molar-refractivity contribution in [3.8, 4) is 0 Å². The number of amides is 1. The minimum Gasteiger partial charge on any atom is -0.441 e. The Kier molecular flexibility index (Phi) is 9.32. The zero-order valence-electron chi connectivity index (χ0n) is 22.0. The molecule has 4 rings (SSSR count). The van der Waals surface area contributed by atoms with Gasteiger partial charge in [0.1, 0.15) is 6.10 Å². The Labute approximate surface area is 229 Å². The highest BCUT2D eigenvalue weighted by atomic mass is 16.6. The number of anilines is 2. The van der Waals surface area contributed by atoms with E-state index in [-0.39, 0.29) is 6.61 Å². The van der Waals surface area contributed by atoms with Crippen molar-refractivity contribution >= 4 is 23.2 Å². The molecule has 7 heteroatoms. The largest absolute Gasteiger partial charge is 0.441 e. The van der Waals surface area contributed by atoms with Crippen LogP contribution in [0.15, 0.2) is 110 Å². The maximum absolute atomic E-state index is 13.6. The van der Waals surface area contributed by atoms with Crippen molar-refractivity contribution < 1.29 is 14.6 Å². The van der Waals surface area contributed by atoms with Gasteiger partial charge in [0.25, 0.3) is 0 Å². The predicted molar refractivity (Wildman–Crippen MR) is 156 cm³/mol. The lowest BCUT2D eigenvalue weighted by Gasteiger charge is -2.33. The van der Waals surface area contributed by atoms with E-state index in [1.165, 1.54) is 0 Å². The Morgan fingerprint density at radius 3 is 2.26 bits per heavy atom. The maximum Gasteiger partial charge on any atom is 0.411 e. The molecule has 0 unspecified atom stereocenters. The number of para-hydroxylation sites is 2. The summed E-state index contributed by atoms with van der Waals surface area (Å²) in [7, 11) is 0. The van der Waals surface area contributed by atoms with Crippen LogP contribution in [0.4, 0.5) is 16.2 Å². The molecule has 3 aromatic carbocycles. The second kappa shape index (κ2) is 13.3. The molecular weight excluding hydrogens is 488 g/mol. The van der Waals surface area contributed by atoms with Gasteiger partial charge in [0.2, 0.25) is 0 Å². The molecule has 0 aliphatic rings. The van der Waals surface area contributed by atoms with Crippen LogP contribution >= 0.6 is 0 Å². The molecule has 4 N–H and O–H groups in total. The first kappa shape index (κ1) is 27.4. The summed E-state index contributed by atoms with van der Waals surface area (Å²) in [5.74, 6) is 0. The van der Waals surface area contributed by atoms with Crippen molar-refractivity contribution in [1.82, 2.24) is 9.88 Å². The Balaban J connectivity index is 1.62. The third-order valence-electron chi connectivity index (χ3n) is 6.49. The molecule has 0 bridgehead atoms. The van der Waals surface area contributed by atoms with E-state index in [0.717, 1.165) is 27.9 Å². The summed E-state index contributed by atoms with van der Waals surface area (Å²) in [6.07, 6.45) is 2.84. The third kappa shape index (κ3) is 7.03. The van der Waals surface area contributed by atoms with Gasteiger partial charge in [0.05, 0.1) is 17.4 Å². The minimum atomic E-state index is -0.462. The number of rotatable bonds is 11. The Hall–Kier alpha value is -4.62. The number of nitrogen functional groups attached to an aromatic ring is 1. The standard InChI is InChI=1S/C32H34N4O3/c1-23(35-30-12-7-6-11-29(30)33)25-13-15-28(16-14-25)31(27-9-4-3-5-10-27)36(21-8-22-37)32(38)39-24(2)26-17-19-34-20-18-26/h3-7,9-20,24,31,35,37H,1,8,21-22,33H2,2H3/t24-,31-/m0/s1. The highest BCUT2D eigenvalue weighted by Gasteiger charge is 2.29. The topological polar surface area (TPSA) is 101 Å². The van der Waals surface area contributed by atoms with Gasteiger partial charge in [-0.05, 0) is 59.9 Å². The maximum atomic E-state index is 13.6. The molecular formula is C32H34N4O3. The Morgan fingerprint density at radius 1 is 0.949 bits per heavy atom. The first-order valence-electron chi connectivity index (χ1n) is 12.9. The molecule has 1 heterocycles. The van der Waals surface area contributed by atoms with Crippen LogP contribution in [0.25, 0.3) is 5.70 Å². The Bertz CT molecular complexity index is 1360. The fraction of sp³-hybridized carbons (Fsp3) is 0.188. The van der Waals surface area contributed by atoms with Gasteiger partial charge < -0.3 is 20.9 Å². The fourth-order valence-electron chi connectivity index (χ4n) is 4.39. The van der Waals surface area contributed by atoms with Crippen molar-refractivity contribution in [3.05, 3.63) is 132 Å². The number of ether oxygens (including phenoxy) is 1. The summed E-state index contributed by atoms with van der Waals surface area (Å²) < 4.78 is 5.90. The zero-order valence-corrected chi connectivity index (χ0v) is 22.0. The van der Waals surface area contributed by atoms with Crippen LogP contribution in [0.1, 0.15) is 47.7 Å². The summed E-state index contributed by atoms with van der Waals surface area (Å²) in [6.45, 7) is 6.29. The number of benzene rings is 3. The van der Waals surface area contributed by atoms with Gasteiger partial charge in [-0.25, -0.2) is 4.79 Å². The van der Waals surface area contributed by atoms with Crippen molar-refractivity contribution in [2.24, 2.45) is 0 Å². The number of nitrogens with two attached hydrogens (primary N) is 1. The third-order valence-corrected chi connectivity index (χ3v) is 6.49. The van der Waals surface area contributed by atoms with Crippen molar-refractivity contribution in [3.63, 3.8) is 0 Å². The molecule has 2 atom stereocenters. The van der Waals surface area contributed by atoms with Gasteiger partial charge in [-0.15, -0.1) is 0 Å². The number of pyridine rings is 1. The number of carbonyl (C=O) groups excluding carboxylic acids is 1. The quantitative estimate of drug-likeness (QED) is 0.197. The summed E-state index contributed by atoms with van der Waals surface area (Å²) in [5.41, 5.74) is 11.8. The zero-order chi connectivity index (χ0) is 27.6. The summed E-state index contributed by atoms with van der Waals surface area (Å²) in [6, 6.07) is 28.5. The average Bonchev–Trinajstić information content (AvgIpc) is 2.97. The van der Waals surface area contributed by atoms with E-state index in [1.54, 1.807) is 17.3 Å². The lowest BCUT2D eigenvalue weighted by Crippen LogP contribution is -2.37. The summed E-state index contributed by atoms with van der Waals surface area (Å²) >= 11 is 0.